The summed E-state index contributed by atoms with van der Waals surface area (Å²) in [5, 5.41) is 15.3. The molecule has 1 unspecified atom stereocenters. The molecular formula is C27H30N2O5. The van der Waals surface area contributed by atoms with E-state index in [0.717, 1.165) is 24.0 Å². The molecule has 2 aromatic rings. The first kappa shape index (κ1) is 22.4. The van der Waals surface area contributed by atoms with Crippen molar-refractivity contribution < 1.29 is 24.2 Å². The first-order valence-electron chi connectivity index (χ1n) is 12.0. The van der Waals surface area contributed by atoms with Gasteiger partial charge in [-0.3, -0.25) is 4.79 Å². The van der Waals surface area contributed by atoms with Gasteiger partial charge in [0.2, 0.25) is 5.91 Å². The van der Waals surface area contributed by atoms with E-state index in [1.54, 1.807) is 6.92 Å². The predicted molar refractivity (Wildman–Crippen MR) is 126 cm³/mol. The lowest BCUT2D eigenvalue weighted by atomic mass is 9.94. The Bertz CT molecular complexity index is 1080. The number of fused-ring (bicyclic) bond motifs is 3. The predicted octanol–water partition coefficient (Wildman–Crippen LogP) is 4.06. The second kappa shape index (κ2) is 8.78. The molecule has 0 spiro atoms. The molecule has 0 saturated heterocycles. The number of carboxylic acids is 1. The highest BCUT2D eigenvalue weighted by atomic mass is 16.5. The average molecular weight is 463 g/mol. The van der Waals surface area contributed by atoms with Crippen LogP contribution in [0.3, 0.4) is 0 Å². The fourth-order valence-electron chi connectivity index (χ4n) is 5.51. The Balaban J connectivity index is 1.15. The number of alkyl carbamates (subject to hydrolysis) is 1. The quantitative estimate of drug-likeness (QED) is 0.576. The maximum absolute atomic E-state index is 12.7. The van der Waals surface area contributed by atoms with Gasteiger partial charge >= 0.3 is 12.1 Å². The molecule has 0 aromatic heterocycles. The molecule has 0 radical (unpaired) electrons. The minimum Gasteiger partial charge on any atom is -0.480 e. The highest BCUT2D eigenvalue weighted by Gasteiger charge is 2.49. The Hall–Kier alpha value is -3.35. The molecule has 0 aliphatic heterocycles. The number of carbonyl (C=O) groups excluding carboxylic acids is 2. The fraction of sp³-hybridized carbons (Fsp3) is 0.444. The third-order valence-electron chi connectivity index (χ3n) is 7.69. The number of rotatable bonds is 7. The van der Waals surface area contributed by atoms with Crippen molar-refractivity contribution in [2.45, 2.75) is 56.5 Å². The summed E-state index contributed by atoms with van der Waals surface area (Å²) in [6.45, 7) is 1.83. The molecule has 7 nitrogen and oxygen atoms in total. The smallest absolute Gasteiger partial charge is 0.407 e. The minimum absolute atomic E-state index is 0.00336. The lowest BCUT2D eigenvalue weighted by molar-refractivity contribution is -0.148. The Morgan fingerprint density at radius 3 is 2.18 bits per heavy atom. The first-order valence-corrected chi connectivity index (χ1v) is 12.0. The number of benzene rings is 2. The summed E-state index contributed by atoms with van der Waals surface area (Å²) < 4.78 is 5.62. The van der Waals surface area contributed by atoms with Crippen LogP contribution in [0.1, 0.15) is 56.1 Å². The van der Waals surface area contributed by atoms with Crippen LogP contribution in [0.25, 0.3) is 11.1 Å². The van der Waals surface area contributed by atoms with E-state index in [1.165, 1.54) is 11.1 Å². The summed E-state index contributed by atoms with van der Waals surface area (Å²) in [5.74, 6) is -1.55. The van der Waals surface area contributed by atoms with E-state index in [1.807, 2.05) is 24.3 Å². The molecule has 3 aliphatic carbocycles. The molecule has 2 fully saturated rings. The van der Waals surface area contributed by atoms with Crippen LogP contribution >= 0.6 is 0 Å². The molecule has 0 heterocycles. The van der Waals surface area contributed by atoms with Crippen LogP contribution in [-0.4, -0.2) is 41.3 Å². The molecular weight excluding hydrogens is 432 g/mol. The van der Waals surface area contributed by atoms with E-state index < -0.39 is 17.6 Å². The molecule has 2 saturated carbocycles. The summed E-state index contributed by atoms with van der Waals surface area (Å²) in [4.78, 5) is 37.0. The van der Waals surface area contributed by atoms with E-state index in [4.69, 9.17) is 4.74 Å². The Labute approximate surface area is 198 Å². The molecule has 0 bridgehead atoms. The van der Waals surface area contributed by atoms with Gasteiger partial charge in [-0.05, 0) is 67.2 Å². The number of aliphatic carboxylic acids is 1. The van der Waals surface area contributed by atoms with Crippen molar-refractivity contribution in [2.24, 2.45) is 11.8 Å². The van der Waals surface area contributed by atoms with Crippen molar-refractivity contribution in [3.05, 3.63) is 59.7 Å². The molecule has 178 valence electrons. The summed E-state index contributed by atoms with van der Waals surface area (Å²) in [7, 11) is 0. The van der Waals surface area contributed by atoms with Crippen LogP contribution in [0, 0.1) is 11.8 Å². The molecule has 2 aromatic carbocycles. The number of hydrogen-bond acceptors (Lipinski definition) is 4. The van der Waals surface area contributed by atoms with E-state index in [0.29, 0.717) is 19.3 Å². The van der Waals surface area contributed by atoms with Gasteiger partial charge in [0, 0.05) is 17.9 Å². The van der Waals surface area contributed by atoms with Crippen LogP contribution in [0.15, 0.2) is 48.5 Å². The van der Waals surface area contributed by atoms with Gasteiger partial charge in [-0.2, -0.15) is 0 Å². The van der Waals surface area contributed by atoms with Crippen molar-refractivity contribution in [1.82, 2.24) is 10.6 Å². The van der Waals surface area contributed by atoms with E-state index in [2.05, 4.69) is 34.9 Å². The number of nitrogens with one attached hydrogen (secondary N) is 2. The van der Waals surface area contributed by atoms with Gasteiger partial charge in [0.1, 0.15) is 12.1 Å². The number of amides is 2. The number of hydrogen-bond donors (Lipinski definition) is 3. The van der Waals surface area contributed by atoms with Crippen molar-refractivity contribution in [2.75, 3.05) is 6.61 Å². The lowest BCUT2D eigenvalue weighted by Gasteiger charge is -2.27. The second-order valence-corrected chi connectivity index (χ2v) is 9.95. The van der Waals surface area contributed by atoms with Gasteiger partial charge < -0.3 is 20.5 Å². The normalized spacial score (nSPS) is 22.9. The van der Waals surface area contributed by atoms with Gasteiger partial charge in [0.25, 0.3) is 0 Å². The van der Waals surface area contributed by atoms with E-state index in [9.17, 15) is 19.5 Å². The maximum Gasteiger partial charge on any atom is 0.407 e. The van der Waals surface area contributed by atoms with Crippen LogP contribution in [0.4, 0.5) is 4.79 Å². The summed E-state index contributed by atoms with van der Waals surface area (Å²) in [6.07, 6.45) is 2.91. The molecule has 3 atom stereocenters. The Morgan fingerprint density at radius 2 is 1.59 bits per heavy atom. The number of carbonyl (C=O) groups is 3. The molecule has 3 aliphatic rings. The number of carboxylic acid groups (broad SMARTS) is 1. The SMILES string of the molecule is CC(NC(=O)[C@H]1CC[C@@H](NC(=O)OCC2c3ccccc3-c3ccccc32)C1)(C(=O)O)C1CC1. The van der Waals surface area contributed by atoms with Gasteiger partial charge in [0.15, 0.2) is 0 Å². The molecule has 5 rings (SSSR count). The van der Waals surface area contributed by atoms with Crippen LogP contribution in [0.5, 0.6) is 0 Å². The third-order valence-corrected chi connectivity index (χ3v) is 7.69. The van der Waals surface area contributed by atoms with Crippen LogP contribution in [0.2, 0.25) is 0 Å². The second-order valence-electron chi connectivity index (χ2n) is 9.95. The zero-order valence-corrected chi connectivity index (χ0v) is 19.3. The monoisotopic (exact) mass is 462 g/mol. The highest BCUT2D eigenvalue weighted by molar-refractivity contribution is 5.88. The largest absolute Gasteiger partial charge is 0.480 e. The summed E-state index contributed by atoms with van der Waals surface area (Å²) >= 11 is 0. The van der Waals surface area contributed by atoms with Crippen LogP contribution in [-0.2, 0) is 14.3 Å². The topological polar surface area (TPSA) is 105 Å². The molecule has 3 N–H and O–H groups in total. The van der Waals surface area contributed by atoms with E-state index in [-0.39, 0.29) is 36.3 Å². The number of ether oxygens (including phenoxy) is 1. The summed E-state index contributed by atoms with van der Waals surface area (Å²) in [6, 6.07) is 16.2. The maximum atomic E-state index is 12.7. The Morgan fingerprint density at radius 1 is 0.971 bits per heavy atom. The van der Waals surface area contributed by atoms with Gasteiger partial charge in [-0.1, -0.05) is 48.5 Å². The van der Waals surface area contributed by atoms with Crippen LogP contribution < -0.4 is 10.6 Å². The highest BCUT2D eigenvalue weighted by Crippen LogP contribution is 2.44. The molecule has 34 heavy (non-hydrogen) atoms. The van der Waals surface area contributed by atoms with Crippen molar-refractivity contribution in [3.8, 4) is 11.1 Å². The summed E-state index contributed by atoms with van der Waals surface area (Å²) in [5.41, 5.74) is 3.46. The first-order chi connectivity index (χ1) is 16.4. The van der Waals surface area contributed by atoms with Crippen molar-refractivity contribution in [3.63, 3.8) is 0 Å². The van der Waals surface area contributed by atoms with E-state index >= 15 is 0 Å². The standard InChI is InChI=1S/C27H30N2O5/c1-27(25(31)32,17-11-12-17)29-24(30)16-10-13-18(14-16)28-26(33)34-15-23-21-8-4-2-6-19(21)20-7-3-5-9-22(20)23/h2-9,16-18,23H,10-15H2,1H3,(H,28,33)(H,29,30)(H,31,32)/t16-,18+,27?/m0/s1. The Kier molecular flexibility index (Phi) is 5.80. The van der Waals surface area contributed by atoms with Crippen molar-refractivity contribution in [1.29, 1.82) is 0 Å². The fourth-order valence-corrected chi connectivity index (χ4v) is 5.51. The van der Waals surface area contributed by atoms with Gasteiger partial charge in [-0.25, -0.2) is 9.59 Å². The molecule has 2 amide bonds. The minimum atomic E-state index is -1.21. The zero-order chi connectivity index (χ0) is 23.9. The lowest BCUT2D eigenvalue weighted by Crippen LogP contribution is -2.55. The molecule has 7 heteroatoms. The average Bonchev–Trinajstić information content (AvgIpc) is 3.51. The van der Waals surface area contributed by atoms with Crippen molar-refractivity contribution >= 4 is 18.0 Å². The zero-order valence-electron chi connectivity index (χ0n) is 19.3. The van der Waals surface area contributed by atoms with Gasteiger partial charge in [0.05, 0.1) is 0 Å². The van der Waals surface area contributed by atoms with Gasteiger partial charge in [-0.15, -0.1) is 0 Å². The third kappa shape index (κ3) is 4.15.